The first kappa shape index (κ1) is 29.7. The second-order valence-electron chi connectivity index (χ2n) is 10.6. The fourth-order valence-corrected chi connectivity index (χ4v) is 4.42. The number of aryl methyl sites for hydroxylation is 1. The molecule has 4 amide bonds. The van der Waals surface area contributed by atoms with Gasteiger partial charge in [-0.25, -0.2) is 4.79 Å². The van der Waals surface area contributed by atoms with Gasteiger partial charge >= 0.3 is 6.09 Å². The van der Waals surface area contributed by atoms with Gasteiger partial charge in [0.1, 0.15) is 17.7 Å². The summed E-state index contributed by atoms with van der Waals surface area (Å²) in [6.45, 7) is 8.84. The van der Waals surface area contributed by atoms with Crippen LogP contribution in [-0.2, 0) is 19.1 Å². The number of nitrogens with one attached hydrogen (secondary N) is 2. The van der Waals surface area contributed by atoms with Crippen LogP contribution in [0.1, 0.15) is 88.4 Å². The molecule has 0 spiro atoms. The highest BCUT2D eigenvalue weighted by Crippen LogP contribution is 2.28. The molecular formula is C28H40N4O5. The molecule has 4 N–H and O–H groups in total. The predicted molar refractivity (Wildman–Crippen MR) is 141 cm³/mol. The molecule has 1 aliphatic carbocycles. The van der Waals surface area contributed by atoms with Crippen LogP contribution in [0.5, 0.6) is 0 Å². The maximum atomic E-state index is 13.8. The molecule has 1 aromatic carbocycles. The first-order chi connectivity index (χ1) is 17.3. The predicted octanol–water partition coefficient (Wildman–Crippen LogP) is 3.37. The summed E-state index contributed by atoms with van der Waals surface area (Å²) in [5.41, 5.74) is 6.85. The summed E-state index contributed by atoms with van der Waals surface area (Å²) in [6, 6.07) is 5.50. The van der Waals surface area contributed by atoms with E-state index in [4.69, 9.17) is 16.9 Å². The summed E-state index contributed by atoms with van der Waals surface area (Å²) in [4.78, 5) is 52.5. The van der Waals surface area contributed by atoms with Crippen molar-refractivity contribution in [3.63, 3.8) is 0 Å². The Morgan fingerprint density at radius 1 is 1.16 bits per heavy atom. The van der Waals surface area contributed by atoms with Gasteiger partial charge in [-0.05, 0) is 70.6 Å². The van der Waals surface area contributed by atoms with Gasteiger partial charge in [0.15, 0.2) is 0 Å². The molecule has 2 unspecified atom stereocenters. The average Bonchev–Trinajstić information content (AvgIpc) is 2.81. The highest BCUT2D eigenvalue weighted by molar-refractivity contribution is 5.94. The van der Waals surface area contributed by atoms with Crippen LogP contribution in [0, 0.1) is 26.3 Å². The Balaban J connectivity index is 2.45. The molecule has 9 heteroatoms. The zero-order valence-corrected chi connectivity index (χ0v) is 22.6. The van der Waals surface area contributed by atoms with Gasteiger partial charge in [-0.3, -0.25) is 19.3 Å². The third kappa shape index (κ3) is 8.81. The lowest BCUT2D eigenvalue weighted by Crippen LogP contribution is -2.52. The zero-order chi connectivity index (χ0) is 27.8. The Labute approximate surface area is 219 Å². The number of primary amides is 1. The number of benzene rings is 1. The fourth-order valence-electron chi connectivity index (χ4n) is 4.42. The number of nitrogens with two attached hydrogens (primary N) is 1. The molecule has 1 aromatic rings. The van der Waals surface area contributed by atoms with Crippen molar-refractivity contribution in [2.75, 3.05) is 0 Å². The highest BCUT2D eigenvalue weighted by Gasteiger charge is 2.37. The van der Waals surface area contributed by atoms with Crippen LogP contribution in [-0.4, -0.2) is 46.4 Å². The summed E-state index contributed by atoms with van der Waals surface area (Å²) in [6.07, 6.45) is 9.60. The molecule has 0 bridgehead atoms. The lowest BCUT2D eigenvalue weighted by Gasteiger charge is -2.33. The number of carbonyl (C=O) groups is 4. The smallest absolute Gasteiger partial charge is 0.408 e. The fraction of sp³-hybridized carbons (Fsp3) is 0.571. The van der Waals surface area contributed by atoms with Crippen LogP contribution >= 0.6 is 0 Å². The minimum atomic E-state index is -1.23. The average molecular weight is 513 g/mol. The minimum Gasteiger partial charge on any atom is -0.444 e. The molecule has 2 rings (SSSR count). The van der Waals surface area contributed by atoms with E-state index in [9.17, 15) is 19.2 Å². The molecule has 0 heterocycles. The quantitative estimate of drug-likeness (QED) is 0.345. The van der Waals surface area contributed by atoms with E-state index in [1.165, 1.54) is 0 Å². The van der Waals surface area contributed by atoms with Crippen molar-refractivity contribution in [2.24, 2.45) is 5.73 Å². The maximum Gasteiger partial charge on any atom is 0.408 e. The molecular weight excluding hydrogens is 472 g/mol. The van der Waals surface area contributed by atoms with Crippen molar-refractivity contribution in [3.05, 3.63) is 34.9 Å². The first-order valence-electron chi connectivity index (χ1n) is 12.8. The van der Waals surface area contributed by atoms with Gasteiger partial charge in [-0.2, -0.15) is 0 Å². The van der Waals surface area contributed by atoms with E-state index in [0.29, 0.717) is 5.56 Å². The number of ether oxygens (including phenoxy) is 1. The van der Waals surface area contributed by atoms with Gasteiger partial charge in [0.2, 0.25) is 11.8 Å². The largest absolute Gasteiger partial charge is 0.444 e. The van der Waals surface area contributed by atoms with Crippen LogP contribution in [0.2, 0.25) is 0 Å². The van der Waals surface area contributed by atoms with Crippen LogP contribution in [0.3, 0.4) is 0 Å². The zero-order valence-electron chi connectivity index (χ0n) is 22.6. The second-order valence-corrected chi connectivity index (χ2v) is 10.6. The second kappa shape index (κ2) is 13.1. The number of rotatable bonds is 9. The maximum absolute atomic E-state index is 13.8. The molecule has 37 heavy (non-hydrogen) atoms. The molecule has 2 atom stereocenters. The van der Waals surface area contributed by atoms with E-state index in [0.717, 1.165) is 48.1 Å². The molecule has 9 nitrogen and oxygen atoms in total. The molecule has 202 valence electrons. The Morgan fingerprint density at radius 3 is 2.38 bits per heavy atom. The monoisotopic (exact) mass is 512 g/mol. The lowest BCUT2D eigenvalue weighted by molar-refractivity contribution is -0.139. The normalized spacial score (nSPS) is 15.6. The molecule has 0 saturated heterocycles. The molecule has 1 aliphatic rings. The minimum absolute atomic E-state index is 0.00543. The Bertz CT molecular complexity index is 1030. The van der Waals surface area contributed by atoms with E-state index in [2.05, 4.69) is 16.7 Å². The van der Waals surface area contributed by atoms with Crippen molar-refractivity contribution in [2.45, 2.75) is 103 Å². The number of hydrogen-bond acceptors (Lipinski definition) is 5. The van der Waals surface area contributed by atoms with Gasteiger partial charge in [0, 0.05) is 18.5 Å². The van der Waals surface area contributed by atoms with Gasteiger partial charge in [-0.1, -0.05) is 43.9 Å². The first-order valence-corrected chi connectivity index (χ1v) is 12.8. The van der Waals surface area contributed by atoms with E-state index in [1.54, 1.807) is 32.9 Å². The van der Waals surface area contributed by atoms with Crippen molar-refractivity contribution >= 4 is 23.8 Å². The van der Waals surface area contributed by atoms with Gasteiger partial charge in [-0.15, -0.1) is 0 Å². The number of nitrogens with zero attached hydrogens (tertiary/aromatic N) is 1. The standard InChI is InChI=1S/C28H40N4O5/c1-7-32(26(35)22(16-17-23(29)33)31-27(36)37-28(4,5)6)24(21-15-11-12-18(2)19(21)3)25(34)30-20-13-9-8-10-14-20/h1,11-12,15,20,22,24H,8-10,13-14,16-17H2,2-6H3,(H2,29,33)(H,30,34)(H,31,36). The number of alkyl carbamates (subject to hydrolysis) is 1. The van der Waals surface area contributed by atoms with E-state index < -0.39 is 41.5 Å². The lowest BCUT2D eigenvalue weighted by atomic mass is 9.92. The number of hydrogen-bond donors (Lipinski definition) is 3. The molecule has 1 saturated carbocycles. The van der Waals surface area contributed by atoms with Crippen molar-refractivity contribution in [1.29, 1.82) is 0 Å². The Hall–Kier alpha value is -3.54. The summed E-state index contributed by atoms with van der Waals surface area (Å²) >= 11 is 0. The van der Waals surface area contributed by atoms with Gasteiger partial charge in [0.05, 0.1) is 0 Å². The summed E-state index contributed by atoms with van der Waals surface area (Å²) < 4.78 is 5.30. The van der Waals surface area contributed by atoms with E-state index >= 15 is 0 Å². The summed E-state index contributed by atoms with van der Waals surface area (Å²) in [5.74, 6) is -1.74. The van der Waals surface area contributed by atoms with Crippen molar-refractivity contribution in [3.8, 4) is 12.5 Å². The van der Waals surface area contributed by atoms with Crippen LogP contribution in [0.4, 0.5) is 4.79 Å². The molecule has 1 fully saturated rings. The van der Waals surface area contributed by atoms with Crippen LogP contribution < -0.4 is 16.4 Å². The van der Waals surface area contributed by atoms with Crippen molar-refractivity contribution < 1.29 is 23.9 Å². The number of terminal acetylenes is 1. The Morgan fingerprint density at radius 2 is 1.81 bits per heavy atom. The van der Waals surface area contributed by atoms with Crippen LogP contribution in [0.15, 0.2) is 18.2 Å². The summed E-state index contributed by atoms with van der Waals surface area (Å²) in [5, 5.41) is 5.59. The Kier molecular flexibility index (Phi) is 10.5. The number of amides is 4. The molecule has 0 radical (unpaired) electrons. The van der Waals surface area contributed by atoms with Gasteiger partial charge < -0.3 is 21.1 Å². The molecule has 0 aromatic heterocycles. The van der Waals surface area contributed by atoms with Gasteiger partial charge in [0.25, 0.3) is 5.91 Å². The number of carbonyl (C=O) groups excluding carboxylic acids is 4. The SMILES string of the molecule is C#CN(C(=O)C(CCC(N)=O)NC(=O)OC(C)(C)C)C(C(=O)NC1CCCCC1)c1cccc(C)c1C. The third-order valence-electron chi connectivity index (χ3n) is 6.44. The topological polar surface area (TPSA) is 131 Å². The van der Waals surface area contributed by atoms with Crippen molar-refractivity contribution in [1.82, 2.24) is 15.5 Å². The third-order valence-corrected chi connectivity index (χ3v) is 6.44. The van der Waals surface area contributed by atoms with Crippen LogP contribution in [0.25, 0.3) is 0 Å². The van der Waals surface area contributed by atoms with E-state index in [-0.39, 0.29) is 18.9 Å². The summed E-state index contributed by atoms with van der Waals surface area (Å²) in [7, 11) is 0. The highest BCUT2D eigenvalue weighted by atomic mass is 16.6. The molecule has 0 aliphatic heterocycles. The van der Waals surface area contributed by atoms with E-state index in [1.807, 2.05) is 19.9 Å².